The van der Waals surface area contributed by atoms with Crippen LogP contribution in [0.3, 0.4) is 0 Å². The summed E-state index contributed by atoms with van der Waals surface area (Å²) in [4.78, 5) is 43.1. The van der Waals surface area contributed by atoms with E-state index < -0.39 is 22.6 Å². The summed E-state index contributed by atoms with van der Waals surface area (Å²) in [5, 5.41) is 15.7. The molecule has 5 rings (SSSR count). The minimum Gasteiger partial charge on any atom is -0.396 e. The quantitative estimate of drug-likeness (QED) is 0.407. The molecule has 2 aromatic rings. The monoisotopic (exact) mass is 541 g/mol. The Balaban J connectivity index is 1.45. The summed E-state index contributed by atoms with van der Waals surface area (Å²) in [5.74, 6) is -1.59. The lowest BCUT2D eigenvalue weighted by Gasteiger charge is -2.34. The first-order valence-corrected chi connectivity index (χ1v) is 14.1. The smallest absolute Gasteiger partial charge is 0.248 e. The Morgan fingerprint density at radius 3 is 2.59 bits per heavy atom. The van der Waals surface area contributed by atoms with Gasteiger partial charge in [0.2, 0.25) is 17.7 Å². The second kappa shape index (κ2) is 10.7. The van der Waals surface area contributed by atoms with E-state index in [1.165, 1.54) is 0 Å². The molecule has 0 aromatic heterocycles. The van der Waals surface area contributed by atoms with E-state index in [9.17, 15) is 19.5 Å². The van der Waals surface area contributed by atoms with Crippen molar-refractivity contribution in [3.8, 4) is 0 Å². The second-order valence-electron chi connectivity index (χ2n) is 10.1. The van der Waals surface area contributed by atoms with Crippen molar-refractivity contribution in [2.75, 3.05) is 23.8 Å². The number of anilines is 2. The highest BCUT2D eigenvalue weighted by atomic mass is 35.5. The van der Waals surface area contributed by atoms with Gasteiger partial charge >= 0.3 is 0 Å². The van der Waals surface area contributed by atoms with Crippen LogP contribution in [0.15, 0.2) is 48.5 Å². The van der Waals surface area contributed by atoms with Gasteiger partial charge in [-0.05, 0) is 62.8 Å². The van der Waals surface area contributed by atoms with Gasteiger partial charge in [-0.1, -0.05) is 41.9 Å². The molecule has 3 aliphatic heterocycles. The molecule has 2 bridgehead atoms. The minimum absolute atomic E-state index is 0.00782. The van der Waals surface area contributed by atoms with Crippen LogP contribution in [-0.4, -0.2) is 56.9 Å². The second-order valence-corrected chi connectivity index (χ2v) is 12.2. The number of amides is 3. The maximum atomic E-state index is 14.0. The molecule has 37 heavy (non-hydrogen) atoms. The van der Waals surface area contributed by atoms with Crippen LogP contribution in [-0.2, 0) is 14.4 Å². The lowest BCUT2D eigenvalue weighted by Crippen LogP contribution is -2.51. The predicted molar refractivity (Wildman–Crippen MR) is 147 cm³/mol. The van der Waals surface area contributed by atoms with Gasteiger partial charge in [-0.3, -0.25) is 14.4 Å². The summed E-state index contributed by atoms with van der Waals surface area (Å²) in [5.41, 5.74) is 2.10. The summed E-state index contributed by atoms with van der Waals surface area (Å²) in [6.45, 7) is 2.39. The van der Waals surface area contributed by atoms with E-state index in [-0.39, 0.29) is 29.6 Å². The first-order chi connectivity index (χ1) is 17.9. The number of unbranched alkanes of at least 4 members (excludes halogenated alkanes) is 2. The number of likely N-dealkylation sites (tertiary alicyclic amines) is 1. The molecule has 1 spiro atoms. The average Bonchev–Trinajstić information content (AvgIpc) is 3.52. The largest absolute Gasteiger partial charge is 0.396 e. The number of carbonyl (C=O) groups excluding carboxylic acids is 3. The molecule has 3 amide bonds. The van der Waals surface area contributed by atoms with Gasteiger partial charge in [0.1, 0.15) is 6.04 Å². The molecule has 3 saturated heterocycles. The minimum atomic E-state index is -0.695. The lowest BCUT2D eigenvalue weighted by molar-refractivity contribution is -0.138. The number of thioether (sulfide) groups is 1. The van der Waals surface area contributed by atoms with Crippen molar-refractivity contribution in [2.24, 2.45) is 11.8 Å². The molecule has 3 N–H and O–H groups in total. The number of aliphatic hydroxyl groups is 1. The van der Waals surface area contributed by atoms with Gasteiger partial charge in [-0.15, -0.1) is 11.8 Å². The van der Waals surface area contributed by atoms with Crippen LogP contribution in [0.2, 0.25) is 5.02 Å². The number of hydrogen-bond acceptors (Lipinski definition) is 5. The van der Waals surface area contributed by atoms with Crippen molar-refractivity contribution in [1.82, 2.24) is 4.90 Å². The van der Waals surface area contributed by atoms with Gasteiger partial charge in [-0.2, -0.15) is 0 Å². The third-order valence-corrected chi connectivity index (χ3v) is 10.2. The van der Waals surface area contributed by atoms with Crippen molar-refractivity contribution in [3.05, 3.63) is 59.1 Å². The van der Waals surface area contributed by atoms with Gasteiger partial charge in [0.15, 0.2) is 0 Å². The number of nitrogens with one attached hydrogen (secondary N) is 2. The topological polar surface area (TPSA) is 98.7 Å². The standard InChI is InChI=1S/C28H32ClN3O4S/c1-17-9-8-12-19(29)23(17)31-26(35)24-28-14-13-20(37-28)21(25(34)30-18-10-4-2-5-11-18)22(28)27(36)32(24)15-6-3-7-16-33/h2,4-5,8-12,20-22,24,33H,3,6-7,13-16H2,1H3,(H,30,34)(H,31,35)/t20-,21+,22+,24?,28?/m1/s1. The predicted octanol–water partition coefficient (Wildman–Crippen LogP) is 4.48. The maximum Gasteiger partial charge on any atom is 0.248 e. The molecular formula is C28H32ClN3O4S. The Morgan fingerprint density at radius 2 is 1.86 bits per heavy atom. The maximum absolute atomic E-state index is 14.0. The fraction of sp³-hybridized carbons (Fsp3) is 0.464. The number of fused-ring (bicyclic) bond motifs is 1. The molecule has 3 aliphatic rings. The number of aliphatic hydroxyl groups excluding tert-OH is 1. The fourth-order valence-electron chi connectivity index (χ4n) is 6.29. The number of carbonyl (C=O) groups is 3. The molecule has 7 nitrogen and oxygen atoms in total. The Hall–Kier alpha value is -2.55. The highest BCUT2D eigenvalue weighted by Gasteiger charge is 2.73. The van der Waals surface area contributed by atoms with Crippen LogP contribution in [0.1, 0.15) is 37.7 Å². The Kier molecular flexibility index (Phi) is 7.52. The van der Waals surface area contributed by atoms with E-state index in [1.54, 1.807) is 22.7 Å². The number of para-hydroxylation sites is 2. The number of nitrogens with zero attached hydrogens (tertiary/aromatic N) is 1. The van der Waals surface area contributed by atoms with Crippen LogP contribution >= 0.6 is 23.4 Å². The van der Waals surface area contributed by atoms with Gasteiger partial charge < -0.3 is 20.6 Å². The van der Waals surface area contributed by atoms with Gasteiger partial charge in [0.25, 0.3) is 0 Å². The molecule has 0 radical (unpaired) electrons. The molecule has 5 atom stereocenters. The summed E-state index contributed by atoms with van der Waals surface area (Å²) in [6, 6.07) is 14.0. The number of hydrogen-bond donors (Lipinski definition) is 3. The first-order valence-electron chi connectivity index (χ1n) is 12.9. The van der Waals surface area contributed by atoms with E-state index in [2.05, 4.69) is 10.6 Å². The molecule has 2 aromatic carbocycles. The summed E-state index contributed by atoms with van der Waals surface area (Å²) in [6.07, 6.45) is 3.57. The third-order valence-electron chi connectivity index (χ3n) is 7.92. The fourth-order valence-corrected chi connectivity index (χ4v) is 8.78. The van der Waals surface area contributed by atoms with Crippen LogP contribution in [0, 0.1) is 18.8 Å². The Morgan fingerprint density at radius 1 is 1.08 bits per heavy atom. The Bertz CT molecular complexity index is 1170. The normalized spacial score (nSPS) is 27.9. The Labute approximate surface area is 226 Å². The van der Waals surface area contributed by atoms with Crippen LogP contribution in [0.5, 0.6) is 0 Å². The molecule has 3 fully saturated rings. The summed E-state index contributed by atoms with van der Waals surface area (Å²) < 4.78 is -0.656. The molecule has 3 heterocycles. The van der Waals surface area contributed by atoms with Gasteiger partial charge in [0.05, 0.1) is 27.3 Å². The highest BCUT2D eigenvalue weighted by Crippen LogP contribution is 2.66. The summed E-state index contributed by atoms with van der Waals surface area (Å²) >= 11 is 8.06. The summed E-state index contributed by atoms with van der Waals surface area (Å²) in [7, 11) is 0. The van der Waals surface area contributed by atoms with Gasteiger partial charge in [-0.25, -0.2) is 0 Å². The number of benzene rings is 2. The van der Waals surface area contributed by atoms with Crippen LogP contribution in [0.25, 0.3) is 0 Å². The van der Waals surface area contributed by atoms with Crippen LogP contribution in [0.4, 0.5) is 11.4 Å². The van der Waals surface area contributed by atoms with E-state index in [0.717, 1.165) is 18.4 Å². The van der Waals surface area contributed by atoms with E-state index in [1.807, 2.05) is 49.4 Å². The van der Waals surface area contributed by atoms with E-state index >= 15 is 0 Å². The SMILES string of the molecule is Cc1cccc(Cl)c1NC(=O)C1N(CCCCCO)C(=O)[C@@H]2[C@@H](C(=O)Nc3ccccc3)[C@H]3CCC12S3. The van der Waals surface area contributed by atoms with Crippen molar-refractivity contribution < 1.29 is 19.5 Å². The zero-order valence-corrected chi connectivity index (χ0v) is 22.4. The highest BCUT2D eigenvalue weighted by molar-refractivity contribution is 8.02. The van der Waals surface area contributed by atoms with Crippen molar-refractivity contribution >= 4 is 52.5 Å². The first kappa shape index (κ1) is 26.1. The van der Waals surface area contributed by atoms with Crippen molar-refractivity contribution in [2.45, 2.75) is 55.1 Å². The third kappa shape index (κ3) is 4.64. The van der Waals surface area contributed by atoms with Gasteiger partial charge in [0, 0.05) is 24.1 Å². The zero-order valence-electron chi connectivity index (χ0n) is 20.8. The van der Waals surface area contributed by atoms with E-state index in [0.29, 0.717) is 42.2 Å². The molecule has 196 valence electrons. The zero-order chi connectivity index (χ0) is 26.2. The van der Waals surface area contributed by atoms with Crippen molar-refractivity contribution in [1.29, 1.82) is 0 Å². The molecule has 0 saturated carbocycles. The van der Waals surface area contributed by atoms with E-state index in [4.69, 9.17) is 11.6 Å². The van der Waals surface area contributed by atoms with Crippen LogP contribution < -0.4 is 10.6 Å². The van der Waals surface area contributed by atoms with Crippen molar-refractivity contribution in [3.63, 3.8) is 0 Å². The average molecular weight is 542 g/mol. The molecule has 0 aliphatic carbocycles. The lowest BCUT2D eigenvalue weighted by atomic mass is 9.70. The molecular weight excluding hydrogens is 510 g/mol. The molecule has 9 heteroatoms. The number of rotatable bonds is 9. The number of aryl methyl sites for hydroxylation is 1. The molecule has 2 unspecified atom stereocenters. The number of halogens is 1.